The van der Waals surface area contributed by atoms with Crippen molar-refractivity contribution in [3.05, 3.63) is 75.5 Å². The Hall–Kier alpha value is -2.82. The van der Waals surface area contributed by atoms with E-state index >= 15 is 0 Å². The zero-order valence-electron chi connectivity index (χ0n) is 11.5. The Kier molecular flexibility index (Phi) is 4.56. The molecule has 0 atom stereocenters. The highest BCUT2D eigenvalue weighted by molar-refractivity contribution is 5.59. The van der Waals surface area contributed by atoms with Gasteiger partial charge in [0.1, 0.15) is 0 Å². The van der Waals surface area contributed by atoms with Crippen LogP contribution >= 0.6 is 0 Å². The van der Waals surface area contributed by atoms with Gasteiger partial charge in [-0.05, 0) is 23.3 Å². The Morgan fingerprint density at radius 1 is 1.29 bits per heavy atom. The molecule has 1 N–H and O–H groups in total. The quantitative estimate of drug-likeness (QED) is 0.676. The predicted molar refractivity (Wildman–Crippen MR) is 79.9 cm³/mol. The van der Waals surface area contributed by atoms with E-state index in [1.807, 2.05) is 30.3 Å². The molecule has 0 spiro atoms. The average Bonchev–Trinajstić information content (AvgIpc) is 2.48. The Morgan fingerprint density at radius 3 is 2.62 bits per heavy atom. The second kappa shape index (κ2) is 6.56. The van der Waals surface area contributed by atoms with Gasteiger partial charge in [-0.1, -0.05) is 30.3 Å². The number of nitro groups is 1. The van der Waals surface area contributed by atoms with Gasteiger partial charge in [0, 0.05) is 18.1 Å². The van der Waals surface area contributed by atoms with Gasteiger partial charge >= 0.3 is 0 Å². The van der Waals surface area contributed by atoms with E-state index in [0.29, 0.717) is 23.3 Å². The number of rotatable bonds is 5. The SMILES string of the molecule is COc1cc(/C=C/[N+](=O)[O-])cc(Cc2ccccc2)c1O. The summed E-state index contributed by atoms with van der Waals surface area (Å²) in [5.74, 6) is 0.353. The molecule has 0 bridgehead atoms. The zero-order chi connectivity index (χ0) is 15.2. The molecular weight excluding hydrogens is 270 g/mol. The van der Waals surface area contributed by atoms with Crippen LogP contribution in [0.25, 0.3) is 6.08 Å². The predicted octanol–water partition coefficient (Wildman–Crippen LogP) is 3.24. The number of methoxy groups -OCH3 is 1. The molecule has 0 fully saturated rings. The summed E-state index contributed by atoms with van der Waals surface area (Å²) in [5, 5.41) is 20.6. The number of aromatic hydroxyl groups is 1. The van der Waals surface area contributed by atoms with Crippen molar-refractivity contribution in [3.63, 3.8) is 0 Å². The highest BCUT2D eigenvalue weighted by atomic mass is 16.6. The van der Waals surface area contributed by atoms with Gasteiger partial charge in [0.2, 0.25) is 6.20 Å². The third-order valence-electron chi connectivity index (χ3n) is 3.02. The largest absolute Gasteiger partial charge is 0.504 e. The van der Waals surface area contributed by atoms with E-state index in [1.54, 1.807) is 12.1 Å². The number of hydrogen-bond acceptors (Lipinski definition) is 4. The fraction of sp³-hybridized carbons (Fsp3) is 0.125. The fourth-order valence-electron chi connectivity index (χ4n) is 2.04. The van der Waals surface area contributed by atoms with Gasteiger partial charge in [0.25, 0.3) is 0 Å². The van der Waals surface area contributed by atoms with E-state index in [4.69, 9.17) is 4.74 Å². The van der Waals surface area contributed by atoms with Crippen LogP contribution in [0.1, 0.15) is 16.7 Å². The number of benzene rings is 2. The first kappa shape index (κ1) is 14.6. The fourth-order valence-corrected chi connectivity index (χ4v) is 2.04. The summed E-state index contributed by atoms with van der Waals surface area (Å²) in [6, 6.07) is 12.9. The van der Waals surface area contributed by atoms with Crippen molar-refractivity contribution in [2.75, 3.05) is 7.11 Å². The Bertz CT molecular complexity index is 665. The van der Waals surface area contributed by atoms with Crippen molar-refractivity contribution in [1.82, 2.24) is 0 Å². The molecule has 0 amide bonds. The average molecular weight is 285 g/mol. The number of phenols is 1. The maximum atomic E-state index is 10.4. The number of hydrogen-bond donors (Lipinski definition) is 1. The highest BCUT2D eigenvalue weighted by Gasteiger charge is 2.10. The van der Waals surface area contributed by atoms with Crippen LogP contribution in [0.4, 0.5) is 0 Å². The molecule has 0 saturated heterocycles. The minimum atomic E-state index is -0.532. The summed E-state index contributed by atoms with van der Waals surface area (Å²) in [7, 11) is 1.45. The number of phenolic OH excluding ortho intramolecular Hbond substituents is 1. The first-order chi connectivity index (χ1) is 10.1. The summed E-state index contributed by atoms with van der Waals surface area (Å²) >= 11 is 0. The molecule has 0 aliphatic heterocycles. The molecule has 21 heavy (non-hydrogen) atoms. The van der Waals surface area contributed by atoms with Crippen LogP contribution in [0.3, 0.4) is 0 Å². The van der Waals surface area contributed by atoms with Crippen LogP contribution in [0.2, 0.25) is 0 Å². The first-order valence-corrected chi connectivity index (χ1v) is 6.35. The van der Waals surface area contributed by atoms with E-state index in [-0.39, 0.29) is 5.75 Å². The van der Waals surface area contributed by atoms with Gasteiger partial charge in [-0.25, -0.2) is 0 Å². The summed E-state index contributed by atoms with van der Waals surface area (Å²) in [5.41, 5.74) is 2.29. The summed E-state index contributed by atoms with van der Waals surface area (Å²) < 4.78 is 5.12. The molecule has 0 heterocycles. The van der Waals surface area contributed by atoms with Crippen molar-refractivity contribution in [2.24, 2.45) is 0 Å². The van der Waals surface area contributed by atoms with E-state index in [1.165, 1.54) is 13.2 Å². The van der Waals surface area contributed by atoms with Crippen molar-refractivity contribution < 1.29 is 14.8 Å². The standard InChI is InChI=1S/C16H15NO4/c1-21-15-11-13(7-8-17(19)20)10-14(16(15)18)9-12-5-3-2-4-6-12/h2-8,10-11,18H,9H2,1H3/b8-7+. The highest BCUT2D eigenvalue weighted by Crippen LogP contribution is 2.33. The Labute approximate surface area is 122 Å². The monoisotopic (exact) mass is 285 g/mol. The van der Waals surface area contributed by atoms with Gasteiger partial charge in [-0.15, -0.1) is 0 Å². The molecule has 108 valence electrons. The normalized spacial score (nSPS) is 10.7. The smallest absolute Gasteiger partial charge is 0.235 e. The molecule has 5 nitrogen and oxygen atoms in total. The maximum absolute atomic E-state index is 10.4. The molecule has 2 rings (SSSR count). The van der Waals surface area contributed by atoms with Gasteiger partial charge < -0.3 is 9.84 Å². The molecule has 0 unspecified atom stereocenters. The third kappa shape index (κ3) is 3.82. The molecular formula is C16H15NO4. The van der Waals surface area contributed by atoms with Crippen molar-refractivity contribution in [1.29, 1.82) is 0 Å². The lowest BCUT2D eigenvalue weighted by Crippen LogP contribution is -1.94. The van der Waals surface area contributed by atoms with Crippen LogP contribution in [0, 0.1) is 10.1 Å². The second-order valence-electron chi connectivity index (χ2n) is 4.49. The van der Waals surface area contributed by atoms with E-state index in [0.717, 1.165) is 11.8 Å². The van der Waals surface area contributed by atoms with Crippen LogP contribution in [-0.4, -0.2) is 17.1 Å². The molecule has 0 radical (unpaired) electrons. The lowest BCUT2D eigenvalue weighted by atomic mass is 10.0. The van der Waals surface area contributed by atoms with Gasteiger partial charge in [0.05, 0.1) is 12.0 Å². The minimum Gasteiger partial charge on any atom is -0.504 e. The summed E-state index contributed by atoms with van der Waals surface area (Å²) in [6.07, 6.45) is 2.75. The number of ether oxygens (including phenoxy) is 1. The molecule has 2 aromatic carbocycles. The van der Waals surface area contributed by atoms with Crippen molar-refractivity contribution in [2.45, 2.75) is 6.42 Å². The summed E-state index contributed by atoms with van der Waals surface area (Å²) in [4.78, 5) is 9.88. The molecule has 2 aromatic rings. The molecule has 5 heteroatoms. The van der Waals surface area contributed by atoms with E-state index in [9.17, 15) is 15.2 Å². The maximum Gasteiger partial charge on any atom is 0.235 e. The number of nitrogens with zero attached hydrogens (tertiary/aromatic N) is 1. The summed E-state index contributed by atoms with van der Waals surface area (Å²) in [6.45, 7) is 0. The van der Waals surface area contributed by atoms with E-state index in [2.05, 4.69) is 0 Å². The van der Waals surface area contributed by atoms with Crippen LogP contribution in [0.15, 0.2) is 48.7 Å². The van der Waals surface area contributed by atoms with Crippen LogP contribution in [0.5, 0.6) is 11.5 Å². The second-order valence-corrected chi connectivity index (χ2v) is 4.49. The molecule has 0 aliphatic rings. The molecule has 0 aliphatic carbocycles. The topological polar surface area (TPSA) is 72.6 Å². The van der Waals surface area contributed by atoms with Gasteiger partial charge in [0.15, 0.2) is 11.5 Å². The van der Waals surface area contributed by atoms with Crippen LogP contribution < -0.4 is 4.74 Å². The zero-order valence-corrected chi connectivity index (χ0v) is 11.5. The lowest BCUT2D eigenvalue weighted by molar-refractivity contribution is -0.400. The molecule has 0 aromatic heterocycles. The first-order valence-electron chi connectivity index (χ1n) is 6.35. The van der Waals surface area contributed by atoms with E-state index < -0.39 is 4.92 Å². The molecule has 0 saturated carbocycles. The van der Waals surface area contributed by atoms with Crippen molar-refractivity contribution >= 4 is 6.08 Å². The van der Waals surface area contributed by atoms with Gasteiger partial charge in [-0.3, -0.25) is 10.1 Å². The lowest BCUT2D eigenvalue weighted by Gasteiger charge is -2.10. The third-order valence-corrected chi connectivity index (χ3v) is 3.02. The Morgan fingerprint density at radius 2 is 2.00 bits per heavy atom. The Balaban J connectivity index is 2.39. The van der Waals surface area contributed by atoms with Crippen molar-refractivity contribution in [3.8, 4) is 11.5 Å². The van der Waals surface area contributed by atoms with Gasteiger partial charge in [-0.2, -0.15) is 0 Å². The van der Waals surface area contributed by atoms with Crippen LogP contribution in [-0.2, 0) is 6.42 Å². The minimum absolute atomic E-state index is 0.0552.